The molecule has 0 aliphatic carbocycles. The number of nitrogens with zero attached hydrogens (tertiary/aromatic N) is 4. The van der Waals surface area contributed by atoms with E-state index in [4.69, 9.17) is 0 Å². The molecule has 1 atom stereocenters. The molecule has 4 rings (SSSR count). The zero-order valence-corrected chi connectivity index (χ0v) is 14.7. The van der Waals surface area contributed by atoms with Crippen molar-refractivity contribution in [3.8, 4) is 0 Å². The van der Waals surface area contributed by atoms with Crippen LogP contribution in [0.4, 0.5) is 4.79 Å². The van der Waals surface area contributed by atoms with E-state index in [1.807, 2.05) is 29.2 Å². The Kier molecular flexibility index (Phi) is 4.39. The first-order chi connectivity index (χ1) is 12.7. The van der Waals surface area contributed by atoms with Crippen molar-refractivity contribution < 1.29 is 4.79 Å². The van der Waals surface area contributed by atoms with Gasteiger partial charge in [-0.25, -0.2) is 4.79 Å². The summed E-state index contributed by atoms with van der Waals surface area (Å²) < 4.78 is 0. The van der Waals surface area contributed by atoms with Crippen molar-refractivity contribution in [2.75, 3.05) is 6.54 Å². The molecular weight excluding hydrogens is 326 g/mol. The van der Waals surface area contributed by atoms with Crippen molar-refractivity contribution in [3.05, 3.63) is 83.2 Å². The van der Waals surface area contributed by atoms with E-state index in [1.165, 1.54) is 21.5 Å². The largest absolute Gasteiger partial charge is 0.332 e. The van der Waals surface area contributed by atoms with Gasteiger partial charge in [-0.3, -0.25) is 0 Å². The zero-order chi connectivity index (χ0) is 17.9. The van der Waals surface area contributed by atoms with Crippen molar-refractivity contribution >= 4 is 6.03 Å². The number of hydrogen-bond acceptors (Lipinski definition) is 3. The second-order valence-electron chi connectivity index (χ2n) is 6.53. The number of aryl methyl sites for hydroxylation is 1. The first-order valence-electron chi connectivity index (χ1n) is 8.71. The molecule has 3 aromatic rings. The molecule has 1 unspecified atom stereocenters. The molecule has 0 spiro atoms. The van der Waals surface area contributed by atoms with Gasteiger partial charge in [-0.2, -0.15) is 15.0 Å². The lowest BCUT2D eigenvalue weighted by molar-refractivity contribution is 0.188. The molecule has 2 amide bonds. The fraction of sp³-hybridized carbons (Fsp3) is 0.250. The second kappa shape index (κ2) is 7.00. The molecule has 1 aromatic heterocycles. The monoisotopic (exact) mass is 347 g/mol. The van der Waals surface area contributed by atoms with Gasteiger partial charge in [0.15, 0.2) is 0 Å². The first kappa shape index (κ1) is 16.3. The molecule has 26 heavy (non-hydrogen) atoms. The van der Waals surface area contributed by atoms with E-state index in [9.17, 15) is 4.79 Å². The van der Waals surface area contributed by atoms with Crippen molar-refractivity contribution in [1.29, 1.82) is 0 Å². The molecule has 0 radical (unpaired) electrons. The van der Waals surface area contributed by atoms with Crippen LogP contribution in [-0.4, -0.2) is 32.5 Å². The van der Waals surface area contributed by atoms with Gasteiger partial charge >= 0.3 is 6.03 Å². The maximum atomic E-state index is 12.7. The summed E-state index contributed by atoms with van der Waals surface area (Å²) in [6.45, 7) is 1.65. The topological polar surface area (TPSA) is 63.1 Å². The van der Waals surface area contributed by atoms with E-state index in [0.29, 0.717) is 19.6 Å². The summed E-state index contributed by atoms with van der Waals surface area (Å²) in [5, 5.41) is 11.2. The van der Waals surface area contributed by atoms with Crippen LogP contribution in [0.25, 0.3) is 0 Å². The van der Waals surface area contributed by atoms with Gasteiger partial charge in [0.2, 0.25) is 0 Å². The highest BCUT2D eigenvalue weighted by molar-refractivity contribution is 5.74. The van der Waals surface area contributed by atoms with Crippen molar-refractivity contribution in [2.24, 2.45) is 7.05 Å². The normalized spacial score (nSPS) is 16.2. The van der Waals surface area contributed by atoms with Gasteiger partial charge in [0, 0.05) is 26.1 Å². The summed E-state index contributed by atoms with van der Waals surface area (Å²) in [6, 6.07) is 18.7. The molecule has 6 nitrogen and oxygen atoms in total. The van der Waals surface area contributed by atoms with E-state index < -0.39 is 0 Å². The summed E-state index contributed by atoms with van der Waals surface area (Å²) in [5.41, 5.74) is 4.48. The Hall–Kier alpha value is -3.15. The molecule has 1 N–H and O–H groups in total. The summed E-state index contributed by atoms with van der Waals surface area (Å²) in [4.78, 5) is 16.1. The number of nitrogens with one attached hydrogen (secondary N) is 1. The van der Waals surface area contributed by atoms with Gasteiger partial charge < -0.3 is 10.2 Å². The number of carbonyl (C=O) groups excluding carboxylic acids is 1. The average Bonchev–Trinajstić information content (AvgIpc) is 3.11. The number of aromatic nitrogens is 3. The van der Waals surface area contributed by atoms with E-state index in [1.54, 1.807) is 13.2 Å². The maximum absolute atomic E-state index is 12.7. The fourth-order valence-corrected chi connectivity index (χ4v) is 3.48. The fourth-order valence-electron chi connectivity index (χ4n) is 3.48. The maximum Gasteiger partial charge on any atom is 0.318 e. The van der Waals surface area contributed by atoms with Crippen LogP contribution < -0.4 is 5.32 Å². The molecule has 1 aliphatic rings. The highest BCUT2D eigenvalue weighted by Gasteiger charge is 2.28. The van der Waals surface area contributed by atoms with E-state index in [-0.39, 0.29) is 11.9 Å². The summed E-state index contributed by atoms with van der Waals surface area (Å²) in [7, 11) is 1.76. The van der Waals surface area contributed by atoms with Gasteiger partial charge in [-0.1, -0.05) is 54.6 Å². The second-order valence-corrected chi connectivity index (χ2v) is 6.53. The van der Waals surface area contributed by atoms with Crippen LogP contribution in [0.2, 0.25) is 0 Å². The van der Waals surface area contributed by atoms with Crippen LogP contribution in [0, 0.1) is 0 Å². The third kappa shape index (κ3) is 3.31. The van der Waals surface area contributed by atoms with Crippen molar-refractivity contribution in [3.63, 3.8) is 0 Å². The quantitative estimate of drug-likeness (QED) is 0.792. The third-order valence-corrected chi connectivity index (χ3v) is 4.75. The van der Waals surface area contributed by atoms with Gasteiger partial charge in [-0.15, -0.1) is 0 Å². The van der Waals surface area contributed by atoms with Crippen molar-refractivity contribution in [1.82, 2.24) is 25.2 Å². The van der Waals surface area contributed by atoms with E-state index >= 15 is 0 Å². The predicted octanol–water partition coefficient (Wildman–Crippen LogP) is 2.67. The summed E-state index contributed by atoms with van der Waals surface area (Å²) in [6.07, 6.45) is 1.67. The number of hydrogen-bond donors (Lipinski definition) is 1. The molecule has 1 aliphatic heterocycles. The number of carbonyl (C=O) groups is 1. The summed E-state index contributed by atoms with van der Waals surface area (Å²) in [5.74, 6) is 0.184. The Morgan fingerprint density at radius 3 is 2.69 bits per heavy atom. The highest BCUT2D eigenvalue weighted by Crippen LogP contribution is 2.33. The zero-order valence-electron chi connectivity index (χ0n) is 14.7. The molecule has 132 valence electrons. The van der Waals surface area contributed by atoms with Gasteiger partial charge in [0.1, 0.15) is 5.69 Å². The molecule has 0 fully saturated rings. The number of rotatable bonds is 3. The number of amides is 2. The number of fused-ring (bicyclic) bond motifs is 1. The van der Waals surface area contributed by atoms with Crippen LogP contribution in [0.15, 0.2) is 60.8 Å². The van der Waals surface area contributed by atoms with Gasteiger partial charge in [-0.05, 0) is 16.7 Å². The minimum atomic E-state index is -0.0777. The first-order valence-corrected chi connectivity index (χ1v) is 8.71. The standard InChI is InChI=1S/C20H21N5O/c1-24-22-12-17(23-24)11-21-20(26)25-13-16-9-5-6-10-18(16)19(14-25)15-7-3-2-4-8-15/h2-10,12,19H,11,13-14H2,1H3,(H,21,26). The predicted molar refractivity (Wildman–Crippen MR) is 98.4 cm³/mol. The van der Waals surface area contributed by atoms with Crippen LogP contribution in [0.3, 0.4) is 0 Å². The Labute approximate surface area is 152 Å². The lowest BCUT2D eigenvalue weighted by Crippen LogP contribution is -2.44. The molecule has 2 heterocycles. The molecule has 0 bridgehead atoms. The van der Waals surface area contributed by atoms with Gasteiger partial charge in [0.25, 0.3) is 0 Å². The van der Waals surface area contributed by atoms with E-state index in [2.05, 4.69) is 45.8 Å². The van der Waals surface area contributed by atoms with E-state index in [0.717, 1.165) is 5.69 Å². The minimum absolute atomic E-state index is 0.0777. The minimum Gasteiger partial charge on any atom is -0.332 e. The van der Waals surface area contributed by atoms with Crippen molar-refractivity contribution in [2.45, 2.75) is 19.0 Å². The van der Waals surface area contributed by atoms with Crippen LogP contribution in [0.5, 0.6) is 0 Å². The van der Waals surface area contributed by atoms with Crippen LogP contribution in [-0.2, 0) is 20.1 Å². The molecule has 2 aromatic carbocycles. The molecule has 0 saturated heterocycles. The Morgan fingerprint density at radius 2 is 1.92 bits per heavy atom. The Morgan fingerprint density at radius 1 is 1.15 bits per heavy atom. The van der Waals surface area contributed by atoms with Gasteiger partial charge in [0.05, 0.1) is 12.7 Å². The Bertz CT molecular complexity index is 905. The lowest BCUT2D eigenvalue weighted by atomic mass is 9.85. The third-order valence-electron chi connectivity index (χ3n) is 4.75. The molecule has 0 saturated carbocycles. The molecule has 6 heteroatoms. The number of urea groups is 1. The van der Waals surface area contributed by atoms with Crippen LogP contribution >= 0.6 is 0 Å². The lowest BCUT2D eigenvalue weighted by Gasteiger charge is -2.35. The number of benzene rings is 2. The molecular formula is C20H21N5O. The average molecular weight is 347 g/mol. The smallest absolute Gasteiger partial charge is 0.318 e. The SMILES string of the molecule is Cn1ncc(CNC(=O)N2Cc3ccccc3C(c3ccccc3)C2)n1. The highest BCUT2D eigenvalue weighted by atomic mass is 16.2. The Balaban J connectivity index is 1.54. The van der Waals surface area contributed by atoms with Crippen LogP contribution in [0.1, 0.15) is 28.3 Å². The summed E-state index contributed by atoms with van der Waals surface area (Å²) >= 11 is 0.